The van der Waals surface area contributed by atoms with Crippen molar-refractivity contribution in [1.29, 1.82) is 0 Å². The van der Waals surface area contributed by atoms with Gasteiger partial charge in [0.15, 0.2) is 0 Å². The highest BCUT2D eigenvalue weighted by atomic mass is 35.5. The van der Waals surface area contributed by atoms with Gasteiger partial charge in [0, 0.05) is 47.2 Å². The molecule has 1 fully saturated rings. The summed E-state index contributed by atoms with van der Waals surface area (Å²) in [5.41, 5.74) is 4.48. The highest BCUT2D eigenvalue weighted by Gasteiger charge is 2.30. The van der Waals surface area contributed by atoms with E-state index in [1.54, 1.807) is 0 Å². The van der Waals surface area contributed by atoms with Crippen molar-refractivity contribution in [3.63, 3.8) is 0 Å². The van der Waals surface area contributed by atoms with Crippen molar-refractivity contribution in [2.75, 3.05) is 31.6 Å². The summed E-state index contributed by atoms with van der Waals surface area (Å²) in [5, 5.41) is 16.2. The van der Waals surface area contributed by atoms with Gasteiger partial charge in [-0.1, -0.05) is 23.2 Å². The van der Waals surface area contributed by atoms with Gasteiger partial charge in [-0.2, -0.15) is 0 Å². The van der Waals surface area contributed by atoms with Gasteiger partial charge in [0.1, 0.15) is 5.82 Å². The lowest BCUT2D eigenvalue weighted by Gasteiger charge is -2.34. The number of hydrogen-bond acceptors (Lipinski definition) is 4. The second-order valence-electron chi connectivity index (χ2n) is 7.96. The molecule has 1 unspecified atom stereocenters. The Morgan fingerprint density at radius 1 is 1.21 bits per heavy atom. The SMILES string of the molecule is OCC1c2[nH]c3ccc(Cl)cc3c2CCN1CCNc1ccc(Cl)c(C2CC2)n1. The molecule has 5 rings (SSSR count). The quantitative estimate of drug-likeness (QED) is 0.527. The van der Waals surface area contributed by atoms with Gasteiger partial charge in [-0.15, -0.1) is 0 Å². The third-order valence-electron chi connectivity index (χ3n) is 6.04. The van der Waals surface area contributed by atoms with E-state index in [9.17, 15) is 5.11 Å². The third kappa shape index (κ3) is 3.73. The number of fused-ring (bicyclic) bond motifs is 3. The smallest absolute Gasteiger partial charge is 0.126 e. The Kier molecular flexibility index (Phi) is 5.16. The van der Waals surface area contributed by atoms with Crippen LogP contribution in [0.3, 0.4) is 0 Å². The van der Waals surface area contributed by atoms with E-state index < -0.39 is 0 Å². The Hall–Kier alpha value is -1.79. The molecule has 0 bridgehead atoms. The van der Waals surface area contributed by atoms with Gasteiger partial charge in [-0.05, 0) is 55.2 Å². The monoisotopic (exact) mass is 430 g/mol. The Balaban J connectivity index is 1.29. The van der Waals surface area contributed by atoms with E-state index in [4.69, 9.17) is 28.2 Å². The molecule has 1 aliphatic heterocycles. The van der Waals surface area contributed by atoms with E-state index in [1.807, 2.05) is 30.3 Å². The van der Waals surface area contributed by atoms with Crippen LogP contribution in [0.25, 0.3) is 10.9 Å². The molecule has 0 radical (unpaired) electrons. The minimum atomic E-state index is -0.0353. The number of pyridine rings is 1. The van der Waals surface area contributed by atoms with Gasteiger partial charge in [0.05, 0.1) is 23.4 Å². The molecule has 3 N–H and O–H groups in total. The van der Waals surface area contributed by atoms with Crippen LogP contribution in [0.1, 0.15) is 41.8 Å². The topological polar surface area (TPSA) is 64.2 Å². The number of benzene rings is 1. The maximum absolute atomic E-state index is 10.1. The number of halogens is 2. The number of nitrogens with one attached hydrogen (secondary N) is 2. The molecule has 2 aromatic heterocycles. The zero-order valence-corrected chi connectivity index (χ0v) is 17.6. The molecule has 29 heavy (non-hydrogen) atoms. The fourth-order valence-corrected chi connectivity index (χ4v) is 4.82. The summed E-state index contributed by atoms with van der Waals surface area (Å²) in [6.45, 7) is 2.57. The number of aromatic amines is 1. The molecule has 5 nitrogen and oxygen atoms in total. The maximum atomic E-state index is 10.1. The first-order valence-electron chi connectivity index (χ1n) is 10.2. The molecular weight excluding hydrogens is 407 g/mol. The van der Waals surface area contributed by atoms with Gasteiger partial charge in [0.2, 0.25) is 0 Å². The molecule has 0 amide bonds. The van der Waals surface area contributed by atoms with Crippen LogP contribution in [-0.2, 0) is 6.42 Å². The first-order valence-corrected chi connectivity index (χ1v) is 10.9. The van der Waals surface area contributed by atoms with E-state index in [-0.39, 0.29) is 12.6 Å². The number of anilines is 1. The predicted octanol–water partition coefficient (Wildman–Crippen LogP) is 4.75. The number of aliphatic hydroxyl groups excluding tert-OH is 1. The van der Waals surface area contributed by atoms with E-state index in [1.165, 1.54) is 23.8 Å². The van der Waals surface area contributed by atoms with Crippen LogP contribution in [-0.4, -0.2) is 46.2 Å². The van der Waals surface area contributed by atoms with Crippen LogP contribution in [0.2, 0.25) is 10.0 Å². The van der Waals surface area contributed by atoms with Gasteiger partial charge in [0.25, 0.3) is 0 Å². The minimum Gasteiger partial charge on any atom is -0.394 e. The van der Waals surface area contributed by atoms with Gasteiger partial charge in [-0.3, -0.25) is 4.90 Å². The Morgan fingerprint density at radius 2 is 2.07 bits per heavy atom. The van der Waals surface area contributed by atoms with E-state index in [0.29, 0.717) is 5.92 Å². The Bertz CT molecular complexity index is 1050. The van der Waals surface area contributed by atoms with E-state index >= 15 is 0 Å². The largest absolute Gasteiger partial charge is 0.394 e. The van der Waals surface area contributed by atoms with Crippen LogP contribution in [0.15, 0.2) is 30.3 Å². The van der Waals surface area contributed by atoms with E-state index in [0.717, 1.165) is 58.8 Å². The Labute approximate surface area is 180 Å². The lowest BCUT2D eigenvalue weighted by molar-refractivity contribution is 0.116. The van der Waals surface area contributed by atoms with Crippen molar-refractivity contribution in [1.82, 2.24) is 14.9 Å². The van der Waals surface area contributed by atoms with Crippen molar-refractivity contribution in [2.24, 2.45) is 0 Å². The number of aromatic nitrogens is 2. The van der Waals surface area contributed by atoms with Gasteiger partial charge >= 0.3 is 0 Å². The lowest BCUT2D eigenvalue weighted by Crippen LogP contribution is -2.40. The molecule has 1 atom stereocenters. The Morgan fingerprint density at radius 3 is 2.86 bits per heavy atom. The molecule has 1 aliphatic carbocycles. The maximum Gasteiger partial charge on any atom is 0.126 e. The number of aliphatic hydroxyl groups is 1. The number of hydrogen-bond donors (Lipinski definition) is 3. The van der Waals surface area contributed by atoms with Crippen LogP contribution in [0.4, 0.5) is 5.82 Å². The summed E-state index contributed by atoms with van der Waals surface area (Å²) in [7, 11) is 0. The highest BCUT2D eigenvalue weighted by molar-refractivity contribution is 6.31. The second-order valence-corrected chi connectivity index (χ2v) is 8.80. The number of nitrogens with zero attached hydrogens (tertiary/aromatic N) is 2. The average Bonchev–Trinajstić information content (AvgIpc) is 3.50. The summed E-state index contributed by atoms with van der Waals surface area (Å²) in [4.78, 5) is 10.5. The van der Waals surface area contributed by atoms with Crippen LogP contribution in [0.5, 0.6) is 0 Å². The second kappa shape index (κ2) is 7.80. The normalized spacial score (nSPS) is 19.5. The number of H-pyrrole nitrogens is 1. The zero-order chi connectivity index (χ0) is 20.0. The van der Waals surface area contributed by atoms with Crippen molar-refractivity contribution in [3.05, 3.63) is 57.3 Å². The molecule has 0 saturated heterocycles. The minimum absolute atomic E-state index is 0.0353. The summed E-state index contributed by atoms with van der Waals surface area (Å²) in [6, 6.07) is 9.77. The first-order chi connectivity index (χ1) is 14.1. The molecule has 3 aromatic rings. The van der Waals surface area contributed by atoms with Crippen LogP contribution in [0, 0.1) is 0 Å². The van der Waals surface area contributed by atoms with Crippen molar-refractivity contribution >= 4 is 39.9 Å². The third-order valence-corrected chi connectivity index (χ3v) is 6.59. The van der Waals surface area contributed by atoms with Crippen LogP contribution >= 0.6 is 23.2 Å². The fourth-order valence-electron chi connectivity index (χ4n) is 4.39. The van der Waals surface area contributed by atoms with E-state index in [2.05, 4.69) is 15.2 Å². The molecule has 3 heterocycles. The van der Waals surface area contributed by atoms with Gasteiger partial charge < -0.3 is 15.4 Å². The number of rotatable bonds is 6. The van der Waals surface area contributed by atoms with Crippen molar-refractivity contribution in [2.45, 2.75) is 31.2 Å². The summed E-state index contributed by atoms with van der Waals surface area (Å²) in [5.74, 6) is 1.40. The van der Waals surface area contributed by atoms with Crippen molar-refractivity contribution < 1.29 is 5.11 Å². The average molecular weight is 431 g/mol. The van der Waals surface area contributed by atoms with Crippen LogP contribution < -0.4 is 5.32 Å². The molecular formula is C22H24Cl2N4O. The van der Waals surface area contributed by atoms with Gasteiger partial charge in [-0.25, -0.2) is 4.98 Å². The summed E-state index contributed by atoms with van der Waals surface area (Å²) < 4.78 is 0. The molecule has 2 aliphatic rings. The molecule has 1 aromatic carbocycles. The molecule has 7 heteroatoms. The first kappa shape index (κ1) is 19.2. The lowest BCUT2D eigenvalue weighted by atomic mass is 9.97. The predicted molar refractivity (Wildman–Crippen MR) is 118 cm³/mol. The summed E-state index contributed by atoms with van der Waals surface area (Å²) >= 11 is 12.5. The zero-order valence-electron chi connectivity index (χ0n) is 16.1. The standard InChI is InChI=1S/C22H24Cl2N4O/c23-14-3-5-18-16(11-14)15-7-9-28(19(12-29)22(15)26-18)10-8-25-20-6-4-17(24)21(27-20)13-1-2-13/h3-6,11,13,19,26,29H,1-2,7-10,12H2,(H,25,27). The van der Waals surface area contributed by atoms with Crippen molar-refractivity contribution in [3.8, 4) is 0 Å². The molecule has 152 valence electrons. The molecule has 0 spiro atoms. The highest BCUT2D eigenvalue weighted by Crippen LogP contribution is 2.42. The molecule has 1 saturated carbocycles. The summed E-state index contributed by atoms with van der Waals surface area (Å²) in [6.07, 6.45) is 3.30. The fraction of sp³-hybridized carbons (Fsp3) is 0.409.